The smallest absolute Gasteiger partial charge is 0.316 e. The molecule has 0 unspecified atom stereocenters. The van der Waals surface area contributed by atoms with Gasteiger partial charge in [0.1, 0.15) is 16.2 Å². The molecule has 7 nitrogen and oxygen atoms in total. The lowest BCUT2D eigenvalue weighted by Gasteiger charge is -2.10. The topological polar surface area (TPSA) is 90.4 Å². The first-order valence-corrected chi connectivity index (χ1v) is 9.44. The first kappa shape index (κ1) is 17.1. The van der Waals surface area contributed by atoms with Crippen LogP contribution in [0.5, 0.6) is 0 Å². The van der Waals surface area contributed by atoms with E-state index in [1.165, 1.54) is 29.4 Å². The number of rotatable bonds is 7. The number of esters is 1. The molecule has 1 fully saturated rings. The van der Waals surface area contributed by atoms with E-state index in [1.54, 1.807) is 0 Å². The van der Waals surface area contributed by atoms with Crippen LogP contribution in [-0.4, -0.2) is 53.5 Å². The molecule has 1 aliphatic heterocycles. The fraction of sp³-hybridized carbons (Fsp3) is 0.467. The van der Waals surface area contributed by atoms with Crippen molar-refractivity contribution in [2.45, 2.75) is 24.0 Å². The number of aromatic nitrogens is 2. The number of nitrogens with one attached hydrogen (secondary N) is 1. The number of ether oxygens (including phenoxy) is 2. The van der Waals surface area contributed by atoms with Crippen LogP contribution in [0.15, 0.2) is 22.8 Å². The van der Waals surface area contributed by atoms with Crippen LogP contribution in [0, 0.1) is 0 Å². The monoisotopic (exact) mass is 367 g/mol. The maximum atomic E-state index is 11.8. The Balaban J connectivity index is 1.38. The summed E-state index contributed by atoms with van der Waals surface area (Å²) in [5.41, 5.74) is 0. The third-order valence-corrected chi connectivity index (χ3v) is 5.27. The molecule has 3 rings (SSSR count). The highest BCUT2D eigenvalue weighted by Crippen LogP contribution is 2.27. The predicted octanol–water partition coefficient (Wildman–Crippen LogP) is 1.62. The third kappa shape index (κ3) is 4.65. The van der Waals surface area contributed by atoms with Crippen molar-refractivity contribution in [3.8, 4) is 0 Å². The summed E-state index contributed by atoms with van der Waals surface area (Å²) in [6, 6.07) is 1.92. The first-order chi connectivity index (χ1) is 11.7. The number of hydrogen-bond donors (Lipinski definition) is 1. The molecule has 0 bridgehead atoms. The number of amides is 1. The minimum absolute atomic E-state index is 0.0750. The highest BCUT2D eigenvalue weighted by atomic mass is 32.2. The van der Waals surface area contributed by atoms with E-state index in [0.29, 0.717) is 6.54 Å². The summed E-state index contributed by atoms with van der Waals surface area (Å²) < 4.78 is 10.4. The summed E-state index contributed by atoms with van der Waals surface area (Å²) in [5.74, 6) is -0.665. The molecule has 1 saturated heterocycles. The van der Waals surface area contributed by atoms with E-state index in [2.05, 4.69) is 15.3 Å². The third-order valence-electron chi connectivity index (χ3n) is 3.47. The number of carbonyl (C=O) groups excluding carboxylic acids is 2. The first-order valence-electron chi connectivity index (χ1n) is 7.57. The molecule has 9 heteroatoms. The van der Waals surface area contributed by atoms with Gasteiger partial charge in [0.25, 0.3) is 5.91 Å². The molecule has 0 aromatic carbocycles. The minimum Gasteiger partial charge on any atom is -0.455 e. The average Bonchev–Trinajstić information content (AvgIpc) is 3.27. The van der Waals surface area contributed by atoms with Gasteiger partial charge in [0, 0.05) is 18.5 Å². The van der Waals surface area contributed by atoms with E-state index in [0.717, 1.165) is 34.7 Å². The number of nitrogens with zero attached hydrogens (tertiary/aromatic N) is 2. The lowest BCUT2D eigenvalue weighted by atomic mass is 10.2. The summed E-state index contributed by atoms with van der Waals surface area (Å²) in [7, 11) is 0. The lowest BCUT2D eigenvalue weighted by molar-refractivity contribution is -0.146. The zero-order valence-corrected chi connectivity index (χ0v) is 14.5. The van der Waals surface area contributed by atoms with Crippen LogP contribution in [0.3, 0.4) is 0 Å². The van der Waals surface area contributed by atoms with E-state index in [1.807, 2.05) is 11.4 Å². The van der Waals surface area contributed by atoms with Crippen LogP contribution in [-0.2, 0) is 19.1 Å². The summed E-state index contributed by atoms with van der Waals surface area (Å²) in [4.78, 5) is 32.6. The van der Waals surface area contributed by atoms with Gasteiger partial charge >= 0.3 is 5.97 Å². The number of thiophene rings is 1. The Kier molecular flexibility index (Phi) is 6.00. The van der Waals surface area contributed by atoms with Gasteiger partial charge in [-0.25, -0.2) is 9.97 Å². The number of carbonyl (C=O) groups is 2. The standard InChI is InChI=1S/C15H17N3O4S2/c19-12(16-6-10-2-1-4-21-10)7-22-13(20)8-24-15-11-3-5-23-14(11)17-9-18-15/h3,5,9-10H,1-2,4,6-8H2,(H,16,19)/t10-/m1/s1. The van der Waals surface area contributed by atoms with Crippen molar-refractivity contribution in [2.75, 3.05) is 25.5 Å². The van der Waals surface area contributed by atoms with Gasteiger partial charge < -0.3 is 14.8 Å². The molecule has 1 amide bonds. The van der Waals surface area contributed by atoms with Crippen molar-refractivity contribution in [3.63, 3.8) is 0 Å². The molecule has 2 aromatic rings. The van der Waals surface area contributed by atoms with E-state index in [9.17, 15) is 9.59 Å². The minimum atomic E-state index is -0.450. The maximum Gasteiger partial charge on any atom is 0.316 e. The highest BCUT2D eigenvalue weighted by molar-refractivity contribution is 8.00. The van der Waals surface area contributed by atoms with Crippen LogP contribution in [0.25, 0.3) is 10.2 Å². The predicted molar refractivity (Wildman–Crippen MR) is 91.1 cm³/mol. The SMILES string of the molecule is O=C(COC(=O)CSc1ncnc2sccc12)NC[C@H]1CCCO1. The van der Waals surface area contributed by atoms with Crippen LogP contribution in [0.4, 0.5) is 0 Å². The Morgan fingerprint density at radius 3 is 3.21 bits per heavy atom. The van der Waals surface area contributed by atoms with Crippen molar-refractivity contribution in [1.82, 2.24) is 15.3 Å². The van der Waals surface area contributed by atoms with Gasteiger partial charge in [-0.2, -0.15) is 0 Å². The Hall–Kier alpha value is -1.71. The van der Waals surface area contributed by atoms with E-state index >= 15 is 0 Å². The highest BCUT2D eigenvalue weighted by Gasteiger charge is 2.17. The molecular formula is C15H17N3O4S2. The summed E-state index contributed by atoms with van der Waals surface area (Å²) in [6.45, 7) is 0.930. The van der Waals surface area contributed by atoms with Crippen molar-refractivity contribution >= 4 is 45.2 Å². The summed E-state index contributed by atoms with van der Waals surface area (Å²) >= 11 is 2.80. The van der Waals surface area contributed by atoms with Gasteiger partial charge in [-0.15, -0.1) is 11.3 Å². The molecule has 0 aliphatic carbocycles. The van der Waals surface area contributed by atoms with Gasteiger partial charge in [0.15, 0.2) is 6.61 Å². The molecule has 1 atom stereocenters. The fourth-order valence-electron chi connectivity index (χ4n) is 2.28. The van der Waals surface area contributed by atoms with Crippen molar-refractivity contribution < 1.29 is 19.1 Å². The van der Waals surface area contributed by atoms with Gasteiger partial charge in [-0.1, -0.05) is 11.8 Å². The quantitative estimate of drug-likeness (QED) is 0.452. The lowest BCUT2D eigenvalue weighted by Crippen LogP contribution is -2.35. The Bertz CT molecular complexity index is 716. The Morgan fingerprint density at radius 1 is 1.46 bits per heavy atom. The molecule has 1 N–H and O–H groups in total. The molecule has 1 aliphatic rings. The maximum absolute atomic E-state index is 11.8. The number of hydrogen-bond acceptors (Lipinski definition) is 8. The van der Waals surface area contributed by atoms with Crippen molar-refractivity contribution in [1.29, 1.82) is 0 Å². The molecule has 128 valence electrons. The Morgan fingerprint density at radius 2 is 2.38 bits per heavy atom. The molecular weight excluding hydrogens is 350 g/mol. The van der Waals surface area contributed by atoms with E-state index in [-0.39, 0.29) is 24.4 Å². The second kappa shape index (κ2) is 8.41. The van der Waals surface area contributed by atoms with Crippen LogP contribution >= 0.6 is 23.1 Å². The summed E-state index contributed by atoms with van der Waals surface area (Å²) in [5, 5.41) is 6.30. The molecule has 24 heavy (non-hydrogen) atoms. The molecule has 3 heterocycles. The zero-order chi connectivity index (χ0) is 16.8. The van der Waals surface area contributed by atoms with Crippen LogP contribution in [0.1, 0.15) is 12.8 Å². The van der Waals surface area contributed by atoms with Crippen LogP contribution < -0.4 is 5.32 Å². The van der Waals surface area contributed by atoms with Crippen molar-refractivity contribution in [2.24, 2.45) is 0 Å². The van der Waals surface area contributed by atoms with E-state index < -0.39 is 5.97 Å². The van der Waals surface area contributed by atoms with Crippen LogP contribution in [0.2, 0.25) is 0 Å². The second-order valence-electron chi connectivity index (χ2n) is 5.21. The van der Waals surface area contributed by atoms with Gasteiger partial charge in [-0.05, 0) is 24.3 Å². The molecule has 0 spiro atoms. The fourth-order valence-corrected chi connectivity index (χ4v) is 3.86. The average molecular weight is 367 g/mol. The zero-order valence-electron chi connectivity index (χ0n) is 12.9. The molecule has 0 saturated carbocycles. The molecule has 2 aromatic heterocycles. The largest absolute Gasteiger partial charge is 0.455 e. The normalized spacial score (nSPS) is 17.1. The number of fused-ring (bicyclic) bond motifs is 1. The second-order valence-corrected chi connectivity index (χ2v) is 7.07. The Labute approximate surface area is 147 Å². The van der Waals surface area contributed by atoms with Gasteiger partial charge in [-0.3, -0.25) is 9.59 Å². The van der Waals surface area contributed by atoms with Gasteiger partial charge in [0.05, 0.1) is 11.9 Å². The summed E-state index contributed by atoms with van der Waals surface area (Å²) in [6.07, 6.45) is 3.52. The van der Waals surface area contributed by atoms with Crippen molar-refractivity contribution in [3.05, 3.63) is 17.8 Å². The number of thioether (sulfide) groups is 1. The van der Waals surface area contributed by atoms with E-state index in [4.69, 9.17) is 9.47 Å². The molecule has 0 radical (unpaired) electrons. The van der Waals surface area contributed by atoms with Gasteiger partial charge in [0.2, 0.25) is 0 Å².